The van der Waals surface area contributed by atoms with Crippen molar-refractivity contribution in [1.82, 2.24) is 9.62 Å². The van der Waals surface area contributed by atoms with Crippen molar-refractivity contribution in [2.45, 2.75) is 19.3 Å². The van der Waals surface area contributed by atoms with Gasteiger partial charge in [0.05, 0.1) is 25.5 Å². The molecule has 1 aliphatic heterocycles. The molecule has 3 N–H and O–H groups in total. The van der Waals surface area contributed by atoms with Gasteiger partial charge in [-0.15, -0.1) is 24.0 Å². The Morgan fingerprint density at radius 3 is 2.57 bits per heavy atom. The Morgan fingerprint density at radius 2 is 2.00 bits per heavy atom. The first kappa shape index (κ1) is 18.9. The monoisotopic (exact) mass is 432 g/mol. The lowest BCUT2D eigenvalue weighted by molar-refractivity contribution is 0.0674. The summed E-state index contributed by atoms with van der Waals surface area (Å²) in [5, 5.41) is 0. The van der Waals surface area contributed by atoms with E-state index < -0.39 is 10.0 Å². The van der Waals surface area contributed by atoms with Crippen molar-refractivity contribution in [3.63, 3.8) is 0 Å². The Kier molecular flexibility index (Phi) is 8.21. The van der Waals surface area contributed by atoms with E-state index in [4.69, 9.17) is 10.5 Å². The van der Waals surface area contributed by atoms with E-state index in [1.54, 1.807) is 0 Å². The zero-order valence-corrected chi connectivity index (χ0v) is 15.3. The lowest BCUT2D eigenvalue weighted by atomic mass is 9.86. The lowest BCUT2D eigenvalue weighted by Gasteiger charge is -2.27. The lowest BCUT2D eigenvalue weighted by Crippen LogP contribution is -2.45. The van der Waals surface area contributed by atoms with Crippen molar-refractivity contribution in [2.75, 3.05) is 45.1 Å². The highest BCUT2D eigenvalue weighted by atomic mass is 127. The van der Waals surface area contributed by atoms with Gasteiger partial charge in [-0.3, -0.25) is 4.99 Å². The highest BCUT2D eigenvalue weighted by Crippen LogP contribution is 2.25. The number of nitrogens with one attached hydrogen (secondary N) is 1. The molecule has 0 unspecified atom stereocenters. The smallest absolute Gasteiger partial charge is 0.213 e. The predicted molar refractivity (Wildman–Crippen MR) is 93.4 cm³/mol. The minimum atomic E-state index is -3.24. The molecule has 0 radical (unpaired) electrons. The molecule has 1 heterocycles. The molecular weight excluding hydrogens is 407 g/mol. The summed E-state index contributed by atoms with van der Waals surface area (Å²) in [6.07, 6.45) is 3.47. The molecule has 1 saturated carbocycles. The average molecular weight is 432 g/mol. The standard InChI is InChI=1S/C12H24N4O3S.HI/c13-12(16-5-7-19-8-6-16)14-4-9-20(17,18)15-10-11-2-1-3-11;/h11,15H,1-10H2,(H2,13,14);1H. The van der Waals surface area contributed by atoms with Crippen LogP contribution in [0.2, 0.25) is 0 Å². The molecule has 1 aliphatic carbocycles. The summed E-state index contributed by atoms with van der Waals surface area (Å²) in [4.78, 5) is 6.05. The fraction of sp³-hybridized carbons (Fsp3) is 0.917. The number of guanidine groups is 1. The van der Waals surface area contributed by atoms with Gasteiger partial charge in [0.2, 0.25) is 10.0 Å². The molecule has 0 amide bonds. The molecule has 2 rings (SSSR count). The fourth-order valence-corrected chi connectivity index (χ4v) is 3.15. The van der Waals surface area contributed by atoms with Gasteiger partial charge in [0, 0.05) is 19.6 Å². The maximum atomic E-state index is 11.8. The SMILES string of the molecule is I.NC(=NCCS(=O)(=O)NCC1CCC1)N1CCOCC1. The zero-order valence-electron chi connectivity index (χ0n) is 12.2. The van der Waals surface area contributed by atoms with E-state index in [1.165, 1.54) is 6.42 Å². The summed E-state index contributed by atoms with van der Waals surface area (Å²) in [5.41, 5.74) is 5.84. The molecule has 124 valence electrons. The molecule has 9 heteroatoms. The summed E-state index contributed by atoms with van der Waals surface area (Å²) >= 11 is 0. The van der Waals surface area contributed by atoms with Gasteiger partial charge < -0.3 is 15.4 Å². The summed E-state index contributed by atoms with van der Waals surface area (Å²) in [7, 11) is -3.24. The van der Waals surface area contributed by atoms with Crippen LogP contribution in [0.5, 0.6) is 0 Å². The molecule has 0 spiro atoms. The average Bonchev–Trinajstić information content (AvgIpc) is 2.37. The van der Waals surface area contributed by atoms with Gasteiger partial charge in [-0.1, -0.05) is 6.42 Å². The molecule has 7 nitrogen and oxygen atoms in total. The summed E-state index contributed by atoms with van der Waals surface area (Å²) in [6, 6.07) is 0. The van der Waals surface area contributed by atoms with Crippen molar-refractivity contribution in [3.8, 4) is 0 Å². The number of nitrogens with zero attached hydrogens (tertiary/aromatic N) is 2. The third-order valence-corrected chi connectivity index (χ3v) is 5.11. The van der Waals surface area contributed by atoms with Gasteiger partial charge in [0.15, 0.2) is 5.96 Å². The number of rotatable bonds is 6. The largest absolute Gasteiger partial charge is 0.378 e. The van der Waals surface area contributed by atoms with Crippen LogP contribution < -0.4 is 10.5 Å². The molecule has 2 fully saturated rings. The molecule has 21 heavy (non-hydrogen) atoms. The number of morpholine rings is 1. The van der Waals surface area contributed by atoms with E-state index in [-0.39, 0.29) is 36.3 Å². The van der Waals surface area contributed by atoms with Crippen molar-refractivity contribution in [1.29, 1.82) is 0 Å². The van der Waals surface area contributed by atoms with Crippen LogP contribution in [0, 0.1) is 5.92 Å². The second-order valence-corrected chi connectivity index (χ2v) is 7.23. The second kappa shape index (κ2) is 9.11. The van der Waals surface area contributed by atoms with Crippen LogP contribution in [0.3, 0.4) is 0 Å². The van der Waals surface area contributed by atoms with E-state index in [0.717, 1.165) is 12.8 Å². The Balaban J connectivity index is 0.00000220. The summed E-state index contributed by atoms with van der Waals surface area (Å²) in [6.45, 7) is 3.45. The predicted octanol–water partition coefficient (Wildman–Crippen LogP) is -0.0292. The summed E-state index contributed by atoms with van der Waals surface area (Å²) in [5.74, 6) is 0.916. The maximum absolute atomic E-state index is 11.8. The number of hydrogen-bond donors (Lipinski definition) is 2. The van der Waals surface area contributed by atoms with Crippen LogP contribution in [0.25, 0.3) is 0 Å². The Hall–Kier alpha value is -0.130. The number of aliphatic imine (C=N–C) groups is 1. The molecule has 1 saturated heterocycles. The normalized spacial score (nSPS) is 20.8. The van der Waals surface area contributed by atoms with Gasteiger partial charge in [-0.05, 0) is 18.8 Å². The van der Waals surface area contributed by atoms with Crippen LogP contribution in [0.15, 0.2) is 4.99 Å². The van der Waals surface area contributed by atoms with Crippen molar-refractivity contribution in [3.05, 3.63) is 0 Å². The molecule has 0 aromatic heterocycles. The second-order valence-electron chi connectivity index (χ2n) is 5.30. The fourth-order valence-electron chi connectivity index (χ4n) is 2.19. The van der Waals surface area contributed by atoms with E-state index in [0.29, 0.717) is 44.7 Å². The van der Waals surface area contributed by atoms with Crippen LogP contribution in [0.1, 0.15) is 19.3 Å². The maximum Gasteiger partial charge on any atom is 0.213 e. The molecular formula is C12H25IN4O3S. The quantitative estimate of drug-likeness (QED) is 0.349. The highest BCUT2D eigenvalue weighted by molar-refractivity contribution is 14.0. The van der Waals surface area contributed by atoms with Gasteiger partial charge >= 0.3 is 0 Å². The minimum Gasteiger partial charge on any atom is -0.378 e. The van der Waals surface area contributed by atoms with Crippen LogP contribution in [-0.2, 0) is 14.8 Å². The van der Waals surface area contributed by atoms with Crippen LogP contribution in [0.4, 0.5) is 0 Å². The highest BCUT2D eigenvalue weighted by Gasteiger charge is 2.20. The van der Waals surface area contributed by atoms with Gasteiger partial charge in [-0.25, -0.2) is 13.1 Å². The first-order valence-electron chi connectivity index (χ1n) is 7.17. The minimum absolute atomic E-state index is 0. The molecule has 2 aliphatic rings. The molecule has 0 aromatic rings. The zero-order chi connectivity index (χ0) is 14.4. The number of sulfonamides is 1. The first-order chi connectivity index (χ1) is 9.57. The van der Waals surface area contributed by atoms with Crippen molar-refractivity contribution >= 4 is 40.0 Å². The van der Waals surface area contributed by atoms with Crippen molar-refractivity contribution < 1.29 is 13.2 Å². The third kappa shape index (κ3) is 6.66. The van der Waals surface area contributed by atoms with Crippen LogP contribution >= 0.6 is 24.0 Å². The Labute approximate surface area is 143 Å². The van der Waals surface area contributed by atoms with Gasteiger partial charge in [0.25, 0.3) is 0 Å². The number of hydrogen-bond acceptors (Lipinski definition) is 4. The van der Waals surface area contributed by atoms with Gasteiger partial charge in [-0.2, -0.15) is 0 Å². The third-order valence-electron chi connectivity index (χ3n) is 3.79. The number of halogens is 1. The first-order valence-corrected chi connectivity index (χ1v) is 8.82. The van der Waals surface area contributed by atoms with Crippen molar-refractivity contribution in [2.24, 2.45) is 16.6 Å². The number of ether oxygens (including phenoxy) is 1. The van der Waals surface area contributed by atoms with E-state index in [9.17, 15) is 8.42 Å². The molecule has 0 aromatic carbocycles. The van der Waals surface area contributed by atoms with E-state index in [2.05, 4.69) is 9.71 Å². The van der Waals surface area contributed by atoms with Gasteiger partial charge in [0.1, 0.15) is 0 Å². The summed E-state index contributed by atoms with van der Waals surface area (Å²) < 4.78 is 31.4. The topological polar surface area (TPSA) is 97.0 Å². The van der Waals surface area contributed by atoms with E-state index in [1.807, 2.05) is 4.90 Å². The molecule has 0 atom stereocenters. The Bertz CT molecular complexity index is 434. The number of nitrogens with two attached hydrogens (primary N) is 1. The van der Waals surface area contributed by atoms with Crippen LogP contribution in [-0.4, -0.2) is 64.4 Å². The Morgan fingerprint density at radius 1 is 1.33 bits per heavy atom. The molecule has 0 bridgehead atoms. The van der Waals surface area contributed by atoms with E-state index >= 15 is 0 Å².